The third-order valence-electron chi connectivity index (χ3n) is 2.87. The summed E-state index contributed by atoms with van der Waals surface area (Å²) in [5.74, 6) is 7.84. The van der Waals surface area contributed by atoms with Gasteiger partial charge in [0.1, 0.15) is 17.5 Å². The van der Waals surface area contributed by atoms with E-state index in [1.54, 1.807) is 18.0 Å². The highest BCUT2D eigenvalue weighted by Crippen LogP contribution is 2.38. The molecule has 0 radical (unpaired) electrons. The molecule has 98 valence electrons. The van der Waals surface area contributed by atoms with Gasteiger partial charge in [-0.15, -0.1) is 0 Å². The van der Waals surface area contributed by atoms with Crippen LogP contribution in [0.3, 0.4) is 0 Å². The normalized spacial score (nSPS) is 14.2. The number of rotatable bonds is 5. The first-order valence-corrected chi connectivity index (χ1v) is 5.91. The predicted molar refractivity (Wildman–Crippen MR) is 69.2 cm³/mol. The molecule has 4 N–H and O–H groups in total. The van der Waals surface area contributed by atoms with E-state index in [2.05, 4.69) is 20.7 Å². The summed E-state index contributed by atoms with van der Waals surface area (Å²) in [5, 5.41) is 2.58. The number of hydrogen-bond donors (Lipinski definition) is 3. The number of nitrogen functional groups attached to an aromatic ring is 1. The number of nitrogens with two attached hydrogens (primary N) is 1. The fourth-order valence-corrected chi connectivity index (χ4v) is 1.62. The molecule has 0 spiro atoms. The minimum absolute atomic E-state index is 0.0636. The van der Waals surface area contributed by atoms with Crippen LogP contribution in [0.25, 0.3) is 0 Å². The maximum absolute atomic E-state index is 11.3. The molecule has 0 unspecified atom stereocenters. The highest BCUT2D eigenvalue weighted by Gasteiger charge is 2.27. The second-order valence-corrected chi connectivity index (χ2v) is 4.42. The van der Waals surface area contributed by atoms with Gasteiger partial charge in [-0.3, -0.25) is 4.79 Å². The summed E-state index contributed by atoms with van der Waals surface area (Å²) < 4.78 is 0. The minimum atomic E-state index is -0.0636. The molecule has 1 aliphatic carbocycles. The van der Waals surface area contributed by atoms with Crippen LogP contribution in [0, 0.1) is 0 Å². The monoisotopic (exact) mass is 250 g/mol. The summed E-state index contributed by atoms with van der Waals surface area (Å²) in [6.45, 7) is 0.252. The number of nitrogens with one attached hydrogen (secondary N) is 2. The Bertz CT molecular complexity index is 445. The highest BCUT2D eigenvalue weighted by molar-refractivity contribution is 5.80. The summed E-state index contributed by atoms with van der Waals surface area (Å²) in [6, 6.07) is 1.73. The summed E-state index contributed by atoms with van der Waals surface area (Å²) in [7, 11) is 3.42. The molecule has 1 aromatic heterocycles. The van der Waals surface area contributed by atoms with Crippen molar-refractivity contribution in [3.05, 3.63) is 11.9 Å². The van der Waals surface area contributed by atoms with Crippen molar-refractivity contribution in [3.8, 4) is 0 Å². The zero-order chi connectivity index (χ0) is 13.1. The number of carbonyl (C=O) groups is 1. The topological polar surface area (TPSA) is 96.2 Å². The van der Waals surface area contributed by atoms with E-state index in [1.165, 1.54) is 0 Å². The molecular formula is C11H18N6O. The van der Waals surface area contributed by atoms with E-state index < -0.39 is 0 Å². The Balaban J connectivity index is 2.19. The van der Waals surface area contributed by atoms with E-state index in [4.69, 9.17) is 5.84 Å². The van der Waals surface area contributed by atoms with E-state index >= 15 is 0 Å². The molecule has 0 bridgehead atoms. The Morgan fingerprint density at radius 1 is 1.56 bits per heavy atom. The molecule has 1 saturated carbocycles. The first-order chi connectivity index (χ1) is 8.63. The fourth-order valence-electron chi connectivity index (χ4n) is 1.62. The van der Waals surface area contributed by atoms with Crippen molar-refractivity contribution in [2.75, 3.05) is 31.0 Å². The largest absolute Gasteiger partial charge is 0.358 e. The van der Waals surface area contributed by atoms with Crippen molar-refractivity contribution < 1.29 is 4.79 Å². The zero-order valence-electron chi connectivity index (χ0n) is 10.6. The Kier molecular flexibility index (Phi) is 3.61. The van der Waals surface area contributed by atoms with Crippen molar-refractivity contribution in [1.82, 2.24) is 15.3 Å². The van der Waals surface area contributed by atoms with Gasteiger partial charge in [0, 0.05) is 26.1 Å². The third kappa shape index (κ3) is 2.86. The lowest BCUT2D eigenvalue weighted by Crippen LogP contribution is -2.33. The number of nitrogens with zero attached hydrogens (tertiary/aromatic N) is 3. The van der Waals surface area contributed by atoms with Crippen LogP contribution in [0.1, 0.15) is 24.6 Å². The van der Waals surface area contributed by atoms with Crippen LogP contribution < -0.4 is 21.5 Å². The zero-order valence-corrected chi connectivity index (χ0v) is 10.6. The van der Waals surface area contributed by atoms with Gasteiger partial charge in [0.25, 0.3) is 0 Å². The van der Waals surface area contributed by atoms with Crippen molar-refractivity contribution in [1.29, 1.82) is 0 Å². The second-order valence-electron chi connectivity index (χ2n) is 4.42. The number of hydrogen-bond acceptors (Lipinski definition) is 6. The molecule has 0 atom stereocenters. The van der Waals surface area contributed by atoms with Gasteiger partial charge >= 0.3 is 0 Å². The lowest BCUT2D eigenvalue weighted by Gasteiger charge is -2.18. The summed E-state index contributed by atoms with van der Waals surface area (Å²) in [6.07, 6.45) is 2.24. The van der Waals surface area contributed by atoms with Gasteiger partial charge in [0.2, 0.25) is 5.91 Å². The van der Waals surface area contributed by atoms with Crippen LogP contribution in [0.5, 0.6) is 0 Å². The van der Waals surface area contributed by atoms with E-state index in [0.29, 0.717) is 17.6 Å². The first-order valence-electron chi connectivity index (χ1n) is 5.91. The minimum Gasteiger partial charge on any atom is -0.358 e. The van der Waals surface area contributed by atoms with Gasteiger partial charge in [0.15, 0.2) is 0 Å². The van der Waals surface area contributed by atoms with Crippen molar-refractivity contribution >= 4 is 17.5 Å². The van der Waals surface area contributed by atoms with Crippen LogP contribution in [0.4, 0.5) is 11.6 Å². The Labute approximate surface area is 106 Å². The first kappa shape index (κ1) is 12.6. The Morgan fingerprint density at radius 3 is 2.83 bits per heavy atom. The molecule has 0 aliphatic heterocycles. The molecular weight excluding hydrogens is 232 g/mol. The predicted octanol–water partition coefficient (Wildman–Crippen LogP) is -0.178. The lowest BCUT2D eigenvalue weighted by molar-refractivity contribution is -0.119. The van der Waals surface area contributed by atoms with Crippen LogP contribution in [0.15, 0.2) is 6.07 Å². The molecule has 1 aliphatic rings. The second kappa shape index (κ2) is 5.18. The molecule has 18 heavy (non-hydrogen) atoms. The number of hydrazine groups is 1. The number of amides is 1. The van der Waals surface area contributed by atoms with Crippen molar-refractivity contribution in [2.24, 2.45) is 5.84 Å². The molecule has 2 rings (SSSR count). The molecule has 1 fully saturated rings. The summed E-state index contributed by atoms with van der Waals surface area (Å²) in [5.41, 5.74) is 2.53. The van der Waals surface area contributed by atoms with E-state index in [-0.39, 0.29) is 12.5 Å². The van der Waals surface area contributed by atoms with E-state index in [9.17, 15) is 4.79 Å². The van der Waals surface area contributed by atoms with Crippen molar-refractivity contribution in [3.63, 3.8) is 0 Å². The molecule has 7 heteroatoms. The standard InChI is InChI=1S/C11H18N6O/c1-13-10(18)6-17(2)9-5-8(16-12)14-11(15-9)7-3-4-7/h5,7H,3-4,6,12H2,1-2H3,(H,13,18)(H,14,15,16). The summed E-state index contributed by atoms with van der Waals surface area (Å²) in [4.78, 5) is 21.9. The highest BCUT2D eigenvalue weighted by atomic mass is 16.1. The maximum Gasteiger partial charge on any atom is 0.239 e. The summed E-state index contributed by atoms with van der Waals surface area (Å²) >= 11 is 0. The van der Waals surface area contributed by atoms with Gasteiger partial charge in [0.05, 0.1) is 6.54 Å². The van der Waals surface area contributed by atoms with E-state index in [0.717, 1.165) is 18.7 Å². The molecule has 0 saturated heterocycles. The van der Waals surface area contributed by atoms with Gasteiger partial charge in [-0.2, -0.15) is 0 Å². The van der Waals surface area contributed by atoms with Gasteiger partial charge in [-0.05, 0) is 12.8 Å². The molecule has 1 aromatic rings. The van der Waals surface area contributed by atoms with Crippen LogP contribution in [-0.4, -0.2) is 36.5 Å². The van der Waals surface area contributed by atoms with Crippen LogP contribution >= 0.6 is 0 Å². The van der Waals surface area contributed by atoms with Gasteiger partial charge < -0.3 is 15.6 Å². The Morgan fingerprint density at radius 2 is 2.28 bits per heavy atom. The van der Waals surface area contributed by atoms with Crippen molar-refractivity contribution in [2.45, 2.75) is 18.8 Å². The number of aromatic nitrogens is 2. The molecule has 0 aromatic carbocycles. The number of likely N-dealkylation sites (N-methyl/N-ethyl adjacent to an activating group) is 2. The number of carbonyl (C=O) groups excluding carboxylic acids is 1. The quantitative estimate of drug-likeness (QED) is 0.495. The van der Waals surface area contributed by atoms with E-state index in [1.807, 2.05) is 7.05 Å². The molecule has 1 amide bonds. The fraction of sp³-hybridized carbons (Fsp3) is 0.545. The smallest absolute Gasteiger partial charge is 0.239 e. The number of anilines is 2. The van der Waals surface area contributed by atoms with Crippen LogP contribution in [0.2, 0.25) is 0 Å². The van der Waals surface area contributed by atoms with Gasteiger partial charge in [-0.1, -0.05) is 0 Å². The Hall–Kier alpha value is -1.89. The van der Waals surface area contributed by atoms with Gasteiger partial charge in [-0.25, -0.2) is 15.8 Å². The lowest BCUT2D eigenvalue weighted by atomic mass is 10.3. The maximum atomic E-state index is 11.3. The average Bonchev–Trinajstić information content (AvgIpc) is 3.22. The molecule has 7 nitrogen and oxygen atoms in total. The SMILES string of the molecule is CNC(=O)CN(C)c1cc(NN)nc(C2CC2)n1. The third-order valence-corrected chi connectivity index (χ3v) is 2.87. The molecule has 1 heterocycles. The van der Waals surface area contributed by atoms with Crippen LogP contribution in [-0.2, 0) is 4.79 Å². The average molecular weight is 250 g/mol.